The standard InChI is InChI=1S/C14H20N2O2/c15-13(8-10-4-2-1-3-5-10)14(18)16-9-11-6-12(17)7-11/h1-5,11-13,17H,6-9,15H2,(H,16,18)/t11?,12?,13-/m0/s1. The summed E-state index contributed by atoms with van der Waals surface area (Å²) in [4.78, 5) is 11.8. The van der Waals surface area contributed by atoms with Crippen molar-refractivity contribution in [1.29, 1.82) is 0 Å². The number of hydrogen-bond acceptors (Lipinski definition) is 3. The molecular formula is C14H20N2O2. The lowest BCUT2D eigenvalue weighted by Gasteiger charge is -2.31. The maximum Gasteiger partial charge on any atom is 0.237 e. The van der Waals surface area contributed by atoms with Gasteiger partial charge in [-0.05, 0) is 30.7 Å². The van der Waals surface area contributed by atoms with Crippen molar-refractivity contribution in [3.05, 3.63) is 35.9 Å². The van der Waals surface area contributed by atoms with Crippen molar-refractivity contribution in [3.8, 4) is 0 Å². The molecule has 4 nitrogen and oxygen atoms in total. The Labute approximate surface area is 107 Å². The Morgan fingerprint density at radius 2 is 2.06 bits per heavy atom. The molecule has 2 rings (SSSR count). The number of amides is 1. The first-order valence-electron chi connectivity index (χ1n) is 6.40. The van der Waals surface area contributed by atoms with E-state index in [2.05, 4.69) is 5.32 Å². The molecule has 0 aliphatic heterocycles. The van der Waals surface area contributed by atoms with Gasteiger partial charge in [-0.2, -0.15) is 0 Å². The van der Waals surface area contributed by atoms with Crippen LogP contribution >= 0.6 is 0 Å². The minimum Gasteiger partial charge on any atom is -0.393 e. The molecule has 0 heterocycles. The van der Waals surface area contributed by atoms with Gasteiger partial charge in [0, 0.05) is 6.54 Å². The predicted molar refractivity (Wildman–Crippen MR) is 69.9 cm³/mol. The number of carbonyl (C=O) groups excluding carboxylic acids is 1. The molecule has 0 aromatic heterocycles. The van der Waals surface area contributed by atoms with E-state index in [0.717, 1.165) is 18.4 Å². The number of rotatable bonds is 5. The molecule has 98 valence electrons. The maximum atomic E-state index is 11.8. The van der Waals surface area contributed by atoms with Crippen LogP contribution in [0.3, 0.4) is 0 Å². The number of benzene rings is 1. The van der Waals surface area contributed by atoms with Crippen LogP contribution in [0.25, 0.3) is 0 Å². The minimum atomic E-state index is -0.502. The Balaban J connectivity index is 1.71. The van der Waals surface area contributed by atoms with Crippen LogP contribution in [0.1, 0.15) is 18.4 Å². The Kier molecular flexibility index (Phi) is 4.33. The molecule has 18 heavy (non-hydrogen) atoms. The van der Waals surface area contributed by atoms with E-state index in [4.69, 9.17) is 10.8 Å². The first-order chi connectivity index (χ1) is 8.65. The van der Waals surface area contributed by atoms with Gasteiger partial charge in [-0.25, -0.2) is 0 Å². The number of nitrogens with two attached hydrogens (primary N) is 1. The number of nitrogens with one attached hydrogen (secondary N) is 1. The molecule has 1 amide bonds. The molecule has 4 N–H and O–H groups in total. The van der Waals surface area contributed by atoms with E-state index >= 15 is 0 Å². The third-order valence-electron chi connectivity index (χ3n) is 3.41. The van der Waals surface area contributed by atoms with Gasteiger partial charge >= 0.3 is 0 Å². The third kappa shape index (κ3) is 3.55. The van der Waals surface area contributed by atoms with Crippen LogP contribution in [0, 0.1) is 5.92 Å². The SMILES string of the molecule is N[C@@H](Cc1ccccc1)C(=O)NCC1CC(O)C1. The number of aliphatic hydroxyl groups excluding tert-OH is 1. The Hall–Kier alpha value is -1.39. The molecule has 4 heteroatoms. The quantitative estimate of drug-likeness (QED) is 0.708. The average Bonchev–Trinajstić information content (AvgIpc) is 2.34. The highest BCUT2D eigenvalue weighted by atomic mass is 16.3. The molecule has 0 radical (unpaired) electrons. The fraction of sp³-hybridized carbons (Fsp3) is 0.500. The second kappa shape index (κ2) is 5.98. The minimum absolute atomic E-state index is 0.111. The van der Waals surface area contributed by atoms with Crippen LogP contribution in [0.15, 0.2) is 30.3 Å². The second-order valence-corrected chi connectivity index (χ2v) is 5.03. The van der Waals surface area contributed by atoms with Crippen molar-refractivity contribution in [2.45, 2.75) is 31.4 Å². The number of carbonyl (C=O) groups is 1. The van der Waals surface area contributed by atoms with Crippen LogP contribution in [-0.2, 0) is 11.2 Å². The highest BCUT2D eigenvalue weighted by Crippen LogP contribution is 2.26. The summed E-state index contributed by atoms with van der Waals surface area (Å²) in [6, 6.07) is 9.25. The molecule has 1 aliphatic carbocycles. The van der Waals surface area contributed by atoms with Gasteiger partial charge in [0.25, 0.3) is 0 Å². The number of aliphatic hydroxyl groups is 1. The average molecular weight is 248 g/mol. The normalized spacial score (nSPS) is 24.1. The van der Waals surface area contributed by atoms with Crippen molar-refractivity contribution >= 4 is 5.91 Å². The fourth-order valence-corrected chi connectivity index (χ4v) is 2.20. The van der Waals surface area contributed by atoms with E-state index in [1.807, 2.05) is 30.3 Å². The second-order valence-electron chi connectivity index (χ2n) is 5.03. The molecule has 0 bridgehead atoms. The van der Waals surface area contributed by atoms with Crippen molar-refractivity contribution in [1.82, 2.24) is 5.32 Å². The van der Waals surface area contributed by atoms with Crippen molar-refractivity contribution in [2.24, 2.45) is 11.7 Å². The molecule has 1 atom stereocenters. The molecule has 1 fully saturated rings. The summed E-state index contributed by atoms with van der Waals surface area (Å²) in [6.45, 7) is 0.623. The Bertz CT molecular complexity index is 388. The third-order valence-corrected chi connectivity index (χ3v) is 3.41. The smallest absolute Gasteiger partial charge is 0.237 e. The first kappa shape index (κ1) is 13.1. The lowest BCUT2D eigenvalue weighted by Crippen LogP contribution is -2.46. The van der Waals surface area contributed by atoms with E-state index in [1.54, 1.807) is 0 Å². The molecule has 1 aliphatic rings. The zero-order valence-electron chi connectivity index (χ0n) is 10.4. The predicted octanol–water partition coefficient (Wildman–Crippen LogP) is 0.443. The Morgan fingerprint density at radius 1 is 1.39 bits per heavy atom. The molecule has 0 spiro atoms. The fourth-order valence-electron chi connectivity index (χ4n) is 2.20. The van der Waals surface area contributed by atoms with E-state index in [9.17, 15) is 4.79 Å². The van der Waals surface area contributed by atoms with Crippen LogP contribution < -0.4 is 11.1 Å². The highest BCUT2D eigenvalue weighted by Gasteiger charge is 2.27. The van der Waals surface area contributed by atoms with Crippen molar-refractivity contribution < 1.29 is 9.90 Å². The molecular weight excluding hydrogens is 228 g/mol. The van der Waals surface area contributed by atoms with Crippen molar-refractivity contribution in [3.63, 3.8) is 0 Å². The lowest BCUT2D eigenvalue weighted by atomic mass is 9.82. The summed E-state index contributed by atoms with van der Waals surface area (Å²) in [7, 11) is 0. The van der Waals surface area contributed by atoms with Crippen LogP contribution in [0.2, 0.25) is 0 Å². The van der Waals surface area contributed by atoms with Gasteiger partial charge < -0.3 is 16.2 Å². The van der Waals surface area contributed by atoms with Crippen LogP contribution in [0.4, 0.5) is 0 Å². The molecule has 0 saturated heterocycles. The largest absolute Gasteiger partial charge is 0.393 e. The van der Waals surface area contributed by atoms with Gasteiger partial charge in [-0.1, -0.05) is 30.3 Å². The summed E-state index contributed by atoms with van der Waals surface area (Å²) >= 11 is 0. The van der Waals surface area contributed by atoms with Gasteiger partial charge in [0.05, 0.1) is 12.1 Å². The monoisotopic (exact) mass is 248 g/mol. The summed E-state index contributed by atoms with van der Waals surface area (Å²) in [5.74, 6) is 0.299. The topological polar surface area (TPSA) is 75.4 Å². The van der Waals surface area contributed by atoms with E-state index < -0.39 is 6.04 Å². The van der Waals surface area contributed by atoms with Gasteiger partial charge in [-0.15, -0.1) is 0 Å². The first-order valence-corrected chi connectivity index (χ1v) is 6.40. The summed E-state index contributed by atoms with van der Waals surface area (Å²) < 4.78 is 0. The van der Waals surface area contributed by atoms with E-state index in [-0.39, 0.29) is 12.0 Å². The maximum absolute atomic E-state index is 11.8. The lowest BCUT2D eigenvalue weighted by molar-refractivity contribution is -0.122. The van der Waals surface area contributed by atoms with Gasteiger partial charge in [-0.3, -0.25) is 4.79 Å². The molecule has 0 unspecified atom stereocenters. The van der Waals surface area contributed by atoms with Gasteiger partial charge in [0.1, 0.15) is 0 Å². The van der Waals surface area contributed by atoms with E-state index in [0.29, 0.717) is 18.9 Å². The zero-order chi connectivity index (χ0) is 13.0. The molecule has 1 aromatic rings. The van der Waals surface area contributed by atoms with Gasteiger partial charge in [0.15, 0.2) is 0 Å². The summed E-state index contributed by atoms with van der Waals surface area (Å²) in [5.41, 5.74) is 6.93. The summed E-state index contributed by atoms with van der Waals surface area (Å²) in [6.07, 6.45) is 1.95. The highest BCUT2D eigenvalue weighted by molar-refractivity contribution is 5.81. The molecule has 1 saturated carbocycles. The molecule has 1 aromatic carbocycles. The zero-order valence-corrected chi connectivity index (χ0v) is 10.4. The van der Waals surface area contributed by atoms with Crippen LogP contribution in [-0.4, -0.2) is 29.7 Å². The van der Waals surface area contributed by atoms with Gasteiger partial charge in [0.2, 0.25) is 5.91 Å². The Morgan fingerprint density at radius 3 is 2.67 bits per heavy atom. The summed E-state index contributed by atoms with van der Waals surface area (Å²) in [5, 5.41) is 12.0. The van der Waals surface area contributed by atoms with E-state index in [1.165, 1.54) is 0 Å². The van der Waals surface area contributed by atoms with Crippen molar-refractivity contribution in [2.75, 3.05) is 6.54 Å². The van der Waals surface area contributed by atoms with Crippen LogP contribution in [0.5, 0.6) is 0 Å². The number of hydrogen-bond donors (Lipinski definition) is 3.